The van der Waals surface area contributed by atoms with Crippen LogP contribution in [0.4, 0.5) is 0 Å². The van der Waals surface area contributed by atoms with Crippen LogP contribution in [0.2, 0.25) is 0 Å². The quantitative estimate of drug-likeness (QED) is 0.283. The third kappa shape index (κ3) is 7.79. The molecular formula is C15H23ClN2O2. The molecule has 0 aliphatic rings. The molecule has 1 aromatic rings. The fraction of sp³-hybridized carbons (Fsp3) is 0.467. The van der Waals surface area contributed by atoms with Crippen molar-refractivity contribution in [1.29, 1.82) is 0 Å². The second kappa shape index (κ2) is 11.3. The van der Waals surface area contributed by atoms with E-state index in [-0.39, 0.29) is 24.9 Å². The Kier molecular flexibility index (Phi) is 10.4. The molecule has 0 radical (unpaired) electrons. The van der Waals surface area contributed by atoms with E-state index >= 15 is 0 Å². The van der Waals surface area contributed by atoms with Crippen molar-refractivity contribution in [2.75, 3.05) is 0 Å². The van der Waals surface area contributed by atoms with Crippen LogP contribution in [0.25, 0.3) is 0 Å². The van der Waals surface area contributed by atoms with E-state index in [1.807, 2.05) is 35.4 Å². The molecule has 0 aliphatic heterocycles. The van der Waals surface area contributed by atoms with Crippen LogP contribution in [-0.4, -0.2) is 10.5 Å². The molecule has 0 fully saturated rings. The van der Waals surface area contributed by atoms with Crippen molar-refractivity contribution >= 4 is 5.97 Å². The number of ether oxygens (including phenoxy) is 1. The summed E-state index contributed by atoms with van der Waals surface area (Å²) in [6, 6.07) is 0. The number of halogens is 1. The third-order valence-corrected chi connectivity index (χ3v) is 2.59. The van der Waals surface area contributed by atoms with Crippen molar-refractivity contribution in [2.45, 2.75) is 46.2 Å². The van der Waals surface area contributed by atoms with Crippen LogP contribution < -0.4 is 17.0 Å². The van der Waals surface area contributed by atoms with Crippen molar-refractivity contribution < 1.29 is 26.5 Å². The number of esters is 1. The predicted molar refractivity (Wildman–Crippen MR) is 74.2 cm³/mol. The lowest BCUT2D eigenvalue weighted by atomic mass is 10.3. The van der Waals surface area contributed by atoms with E-state index in [0.29, 0.717) is 0 Å². The van der Waals surface area contributed by atoms with Crippen molar-refractivity contribution in [1.82, 2.24) is 4.57 Å². The minimum Gasteiger partial charge on any atom is -1.00 e. The Hall–Kier alpha value is -1.55. The lowest BCUT2D eigenvalue weighted by molar-refractivity contribution is -0.685. The maximum absolute atomic E-state index is 11.5. The monoisotopic (exact) mass is 298 g/mol. The van der Waals surface area contributed by atoms with Crippen LogP contribution in [0, 0.1) is 0 Å². The molecule has 0 amide bonds. The Morgan fingerprint density at radius 1 is 1.35 bits per heavy atom. The number of allylic oxidation sites excluding steroid dienone is 3. The van der Waals surface area contributed by atoms with E-state index in [9.17, 15) is 4.79 Å². The van der Waals surface area contributed by atoms with Gasteiger partial charge in [-0.1, -0.05) is 32.4 Å². The zero-order chi connectivity index (χ0) is 13.9. The fourth-order valence-electron chi connectivity index (χ4n) is 1.57. The molecule has 1 aromatic heterocycles. The molecule has 112 valence electrons. The highest BCUT2D eigenvalue weighted by molar-refractivity contribution is 5.68. The van der Waals surface area contributed by atoms with Gasteiger partial charge in [0.2, 0.25) is 6.33 Å². The zero-order valence-corrected chi connectivity index (χ0v) is 12.9. The summed E-state index contributed by atoms with van der Waals surface area (Å²) < 4.78 is 8.89. The van der Waals surface area contributed by atoms with Crippen LogP contribution in [0.1, 0.15) is 33.1 Å². The maximum atomic E-state index is 11.5. The molecule has 0 unspecified atom stereocenters. The molecule has 0 saturated carbocycles. The molecule has 0 atom stereocenters. The first-order valence-electron chi connectivity index (χ1n) is 6.82. The molecule has 20 heavy (non-hydrogen) atoms. The molecule has 0 spiro atoms. The van der Waals surface area contributed by atoms with Gasteiger partial charge in [-0.15, -0.1) is 0 Å². The predicted octanol–water partition coefficient (Wildman–Crippen LogP) is -0.397. The van der Waals surface area contributed by atoms with Crippen molar-refractivity contribution in [3.8, 4) is 0 Å². The van der Waals surface area contributed by atoms with Crippen LogP contribution in [0.15, 0.2) is 43.2 Å². The van der Waals surface area contributed by atoms with Gasteiger partial charge in [0.1, 0.15) is 12.4 Å². The Balaban J connectivity index is 0.00000361. The van der Waals surface area contributed by atoms with Gasteiger partial charge in [0.25, 0.3) is 0 Å². The Labute approximate surface area is 127 Å². The number of unbranched alkanes of at least 4 members (excludes halogenated alkanes) is 1. The normalized spacial score (nSPS) is 10.9. The number of carbonyl (C=O) groups is 1. The summed E-state index contributed by atoms with van der Waals surface area (Å²) in [5, 5.41) is 0. The standard InChI is InChI=1S/C15H23N2O2.ClH/c1-3-5-7-8-12-19-15(18)13-17-11-10-16(14-17)9-6-4-2;/h5,7-8,10-12,14H,3-4,6,9,13H2,1-2H3;1H/q+1;/p-1. The average molecular weight is 299 g/mol. The molecule has 4 nitrogen and oxygen atoms in total. The summed E-state index contributed by atoms with van der Waals surface area (Å²) in [5.74, 6) is -0.264. The molecule has 0 aliphatic carbocycles. The first-order chi connectivity index (χ1) is 9.26. The SMILES string of the molecule is CCC=CC=COC(=O)C[n+]1ccn(CCCC)c1.[Cl-]. The first-order valence-corrected chi connectivity index (χ1v) is 6.82. The Morgan fingerprint density at radius 3 is 2.85 bits per heavy atom. The van der Waals surface area contributed by atoms with Gasteiger partial charge >= 0.3 is 5.97 Å². The second-order valence-corrected chi connectivity index (χ2v) is 4.33. The molecule has 0 aromatic carbocycles. The molecule has 5 heteroatoms. The lowest BCUT2D eigenvalue weighted by Crippen LogP contribution is -3.00. The van der Waals surface area contributed by atoms with Crippen LogP contribution in [0.3, 0.4) is 0 Å². The van der Waals surface area contributed by atoms with E-state index in [2.05, 4.69) is 18.4 Å². The number of hydrogen-bond acceptors (Lipinski definition) is 2. The molecular weight excluding hydrogens is 276 g/mol. The lowest BCUT2D eigenvalue weighted by Gasteiger charge is -1.95. The Morgan fingerprint density at radius 2 is 2.15 bits per heavy atom. The van der Waals surface area contributed by atoms with Crippen molar-refractivity contribution in [2.24, 2.45) is 0 Å². The number of nitrogens with zero attached hydrogens (tertiary/aromatic N) is 2. The van der Waals surface area contributed by atoms with Crippen molar-refractivity contribution in [3.63, 3.8) is 0 Å². The number of aromatic nitrogens is 2. The number of hydrogen-bond donors (Lipinski definition) is 0. The number of imidazole rings is 1. The minimum atomic E-state index is -0.264. The van der Waals surface area contributed by atoms with Crippen LogP contribution in [0.5, 0.6) is 0 Å². The second-order valence-electron chi connectivity index (χ2n) is 4.33. The number of aryl methyl sites for hydroxylation is 1. The van der Waals surface area contributed by atoms with Crippen LogP contribution >= 0.6 is 0 Å². The molecule has 0 N–H and O–H groups in total. The summed E-state index contributed by atoms with van der Waals surface area (Å²) >= 11 is 0. The summed E-state index contributed by atoms with van der Waals surface area (Å²) in [7, 11) is 0. The largest absolute Gasteiger partial charge is 1.00 e. The highest BCUT2D eigenvalue weighted by Crippen LogP contribution is 1.93. The average Bonchev–Trinajstić information content (AvgIpc) is 2.83. The Bertz CT molecular complexity index is 439. The molecule has 1 heterocycles. The van der Waals surface area contributed by atoms with Gasteiger partial charge in [-0.05, 0) is 18.9 Å². The third-order valence-electron chi connectivity index (χ3n) is 2.59. The number of carbonyl (C=O) groups excluding carboxylic acids is 1. The summed E-state index contributed by atoms with van der Waals surface area (Å²) in [5.41, 5.74) is 0. The topological polar surface area (TPSA) is 35.1 Å². The molecule has 1 rings (SSSR count). The van der Waals surface area contributed by atoms with Crippen molar-refractivity contribution in [3.05, 3.63) is 43.2 Å². The number of rotatable bonds is 8. The van der Waals surface area contributed by atoms with E-state index in [0.717, 1.165) is 25.8 Å². The van der Waals surface area contributed by atoms with Gasteiger partial charge in [0, 0.05) is 0 Å². The maximum Gasteiger partial charge on any atom is 0.353 e. The smallest absolute Gasteiger partial charge is 0.353 e. The zero-order valence-electron chi connectivity index (χ0n) is 12.2. The van der Waals surface area contributed by atoms with E-state index in [4.69, 9.17) is 4.74 Å². The van der Waals surface area contributed by atoms with E-state index in [1.165, 1.54) is 6.26 Å². The van der Waals surface area contributed by atoms with Crippen LogP contribution in [-0.2, 0) is 22.6 Å². The van der Waals surface area contributed by atoms with Gasteiger partial charge in [0.15, 0.2) is 6.54 Å². The fourth-order valence-corrected chi connectivity index (χ4v) is 1.57. The van der Waals surface area contributed by atoms with Gasteiger partial charge in [-0.25, -0.2) is 13.9 Å². The van der Waals surface area contributed by atoms with Gasteiger partial charge in [0.05, 0.1) is 12.8 Å². The van der Waals surface area contributed by atoms with Gasteiger partial charge in [-0.2, -0.15) is 0 Å². The highest BCUT2D eigenvalue weighted by Gasteiger charge is 2.08. The van der Waals surface area contributed by atoms with E-state index < -0.39 is 0 Å². The highest BCUT2D eigenvalue weighted by atomic mass is 35.5. The summed E-state index contributed by atoms with van der Waals surface area (Å²) in [6.07, 6.45) is 16.1. The van der Waals surface area contributed by atoms with Gasteiger partial charge < -0.3 is 17.1 Å². The summed E-state index contributed by atoms with van der Waals surface area (Å²) in [6.45, 7) is 5.44. The van der Waals surface area contributed by atoms with E-state index in [1.54, 1.807) is 6.08 Å². The molecule has 0 bridgehead atoms. The first kappa shape index (κ1) is 18.4. The molecule has 0 saturated heterocycles. The minimum absolute atomic E-state index is 0. The summed E-state index contributed by atoms with van der Waals surface area (Å²) in [4.78, 5) is 11.5. The van der Waals surface area contributed by atoms with Gasteiger partial charge in [-0.3, -0.25) is 0 Å².